The SMILES string of the molecule is CN(C)CCCOc1ccccc1C(=O)N1CCC(N)CC1. The monoisotopic (exact) mass is 305 g/mol. The number of amides is 1. The van der Waals surface area contributed by atoms with E-state index in [9.17, 15) is 4.79 Å². The van der Waals surface area contributed by atoms with Gasteiger partial charge in [0.2, 0.25) is 0 Å². The molecule has 0 saturated carbocycles. The minimum atomic E-state index is 0.0510. The number of nitrogens with two attached hydrogens (primary N) is 1. The summed E-state index contributed by atoms with van der Waals surface area (Å²) in [5.74, 6) is 0.733. The summed E-state index contributed by atoms with van der Waals surface area (Å²) in [6, 6.07) is 7.73. The van der Waals surface area contributed by atoms with Gasteiger partial charge in [-0.1, -0.05) is 12.1 Å². The summed E-state index contributed by atoms with van der Waals surface area (Å²) in [4.78, 5) is 16.7. The van der Waals surface area contributed by atoms with Gasteiger partial charge >= 0.3 is 0 Å². The molecule has 5 heteroatoms. The van der Waals surface area contributed by atoms with Crippen LogP contribution in [0.15, 0.2) is 24.3 Å². The van der Waals surface area contributed by atoms with Gasteiger partial charge in [-0.25, -0.2) is 0 Å². The molecule has 1 aromatic carbocycles. The highest BCUT2D eigenvalue weighted by molar-refractivity contribution is 5.97. The fourth-order valence-corrected chi connectivity index (χ4v) is 2.60. The molecule has 1 heterocycles. The molecule has 0 bridgehead atoms. The second-order valence-electron chi connectivity index (χ2n) is 6.13. The number of carbonyl (C=O) groups excluding carboxylic acids is 1. The van der Waals surface area contributed by atoms with E-state index in [1.807, 2.05) is 43.3 Å². The van der Waals surface area contributed by atoms with Crippen molar-refractivity contribution in [3.8, 4) is 5.75 Å². The van der Waals surface area contributed by atoms with Crippen LogP contribution in [0.2, 0.25) is 0 Å². The van der Waals surface area contributed by atoms with Crippen molar-refractivity contribution in [2.75, 3.05) is 40.3 Å². The second kappa shape index (κ2) is 8.15. The molecule has 1 saturated heterocycles. The summed E-state index contributed by atoms with van der Waals surface area (Å²) in [6.45, 7) is 3.05. The van der Waals surface area contributed by atoms with Crippen LogP contribution in [0.4, 0.5) is 0 Å². The van der Waals surface area contributed by atoms with Gasteiger partial charge in [0.1, 0.15) is 5.75 Å². The first kappa shape index (κ1) is 16.8. The van der Waals surface area contributed by atoms with Gasteiger partial charge < -0.3 is 20.3 Å². The van der Waals surface area contributed by atoms with E-state index in [-0.39, 0.29) is 11.9 Å². The molecular weight excluding hydrogens is 278 g/mol. The van der Waals surface area contributed by atoms with Gasteiger partial charge in [-0.3, -0.25) is 4.79 Å². The number of piperidine rings is 1. The fourth-order valence-electron chi connectivity index (χ4n) is 2.60. The number of para-hydroxylation sites is 1. The predicted molar refractivity (Wildman–Crippen MR) is 88.2 cm³/mol. The van der Waals surface area contributed by atoms with Crippen LogP contribution in [0, 0.1) is 0 Å². The van der Waals surface area contributed by atoms with Gasteiger partial charge in [-0.2, -0.15) is 0 Å². The van der Waals surface area contributed by atoms with Gasteiger partial charge in [-0.15, -0.1) is 0 Å². The van der Waals surface area contributed by atoms with Crippen molar-refractivity contribution in [3.05, 3.63) is 29.8 Å². The highest BCUT2D eigenvalue weighted by Gasteiger charge is 2.23. The van der Waals surface area contributed by atoms with Gasteiger partial charge in [0.25, 0.3) is 5.91 Å². The molecule has 1 fully saturated rings. The van der Waals surface area contributed by atoms with Crippen LogP contribution in [0.3, 0.4) is 0 Å². The van der Waals surface area contributed by atoms with Crippen molar-refractivity contribution >= 4 is 5.91 Å². The quantitative estimate of drug-likeness (QED) is 0.811. The van der Waals surface area contributed by atoms with E-state index in [1.54, 1.807) is 0 Å². The van der Waals surface area contributed by atoms with Crippen LogP contribution >= 0.6 is 0 Å². The third kappa shape index (κ3) is 4.71. The third-order valence-electron chi connectivity index (χ3n) is 3.95. The molecule has 2 N–H and O–H groups in total. The Balaban J connectivity index is 1.96. The molecule has 1 aromatic rings. The lowest BCUT2D eigenvalue weighted by Gasteiger charge is -2.30. The average Bonchev–Trinajstić information content (AvgIpc) is 2.52. The Morgan fingerprint density at radius 1 is 1.32 bits per heavy atom. The Kier molecular flexibility index (Phi) is 6.21. The smallest absolute Gasteiger partial charge is 0.257 e. The van der Waals surface area contributed by atoms with Crippen molar-refractivity contribution < 1.29 is 9.53 Å². The molecule has 1 aliphatic heterocycles. The van der Waals surface area contributed by atoms with E-state index < -0.39 is 0 Å². The molecule has 0 aromatic heterocycles. The molecule has 0 aliphatic carbocycles. The summed E-state index contributed by atoms with van der Waals surface area (Å²) in [5.41, 5.74) is 6.56. The van der Waals surface area contributed by atoms with E-state index in [0.29, 0.717) is 17.9 Å². The molecular formula is C17H27N3O2. The summed E-state index contributed by atoms with van der Waals surface area (Å²) >= 11 is 0. The molecule has 5 nitrogen and oxygen atoms in total. The maximum absolute atomic E-state index is 12.7. The number of benzene rings is 1. The zero-order chi connectivity index (χ0) is 15.9. The molecule has 0 atom stereocenters. The van der Waals surface area contributed by atoms with E-state index in [2.05, 4.69) is 4.90 Å². The van der Waals surface area contributed by atoms with Gasteiger partial charge in [0.05, 0.1) is 12.2 Å². The standard InChI is InChI=1S/C17H27N3O2/c1-19(2)10-5-13-22-16-7-4-3-6-15(16)17(21)20-11-8-14(18)9-12-20/h3-4,6-7,14H,5,8-13,18H2,1-2H3. The van der Waals surface area contributed by atoms with Crippen molar-refractivity contribution in [1.82, 2.24) is 9.80 Å². The van der Waals surface area contributed by atoms with Gasteiger partial charge in [-0.05, 0) is 45.5 Å². The lowest BCUT2D eigenvalue weighted by Crippen LogP contribution is -2.42. The molecule has 0 radical (unpaired) electrons. The number of ether oxygens (including phenoxy) is 1. The summed E-state index contributed by atoms with van der Waals surface area (Å²) in [5, 5.41) is 0. The number of hydrogen-bond donors (Lipinski definition) is 1. The zero-order valence-electron chi connectivity index (χ0n) is 13.6. The van der Waals surface area contributed by atoms with Crippen LogP contribution in [0.1, 0.15) is 29.6 Å². The highest BCUT2D eigenvalue weighted by atomic mass is 16.5. The molecule has 0 spiro atoms. The lowest BCUT2D eigenvalue weighted by molar-refractivity contribution is 0.0710. The highest BCUT2D eigenvalue weighted by Crippen LogP contribution is 2.22. The maximum Gasteiger partial charge on any atom is 0.257 e. The first-order valence-corrected chi connectivity index (χ1v) is 7.99. The van der Waals surface area contributed by atoms with E-state index in [0.717, 1.165) is 38.9 Å². The molecule has 1 amide bonds. The molecule has 22 heavy (non-hydrogen) atoms. The number of carbonyl (C=O) groups is 1. The summed E-state index contributed by atoms with van der Waals surface area (Å²) in [6.07, 6.45) is 2.68. The minimum Gasteiger partial charge on any atom is -0.493 e. The zero-order valence-corrected chi connectivity index (χ0v) is 13.6. The predicted octanol–water partition coefficient (Wildman–Crippen LogP) is 1.58. The first-order chi connectivity index (χ1) is 10.6. The normalized spacial score (nSPS) is 16.1. The van der Waals surface area contributed by atoms with Crippen molar-refractivity contribution in [3.63, 3.8) is 0 Å². The summed E-state index contributed by atoms with van der Waals surface area (Å²) < 4.78 is 5.82. The van der Waals surface area contributed by atoms with Crippen molar-refractivity contribution in [2.24, 2.45) is 5.73 Å². The van der Waals surface area contributed by atoms with E-state index >= 15 is 0 Å². The second-order valence-corrected chi connectivity index (χ2v) is 6.13. The Bertz CT molecular complexity index is 483. The average molecular weight is 305 g/mol. The fraction of sp³-hybridized carbons (Fsp3) is 0.588. The number of rotatable bonds is 6. The van der Waals surface area contributed by atoms with Crippen molar-refractivity contribution in [2.45, 2.75) is 25.3 Å². The van der Waals surface area contributed by atoms with Crippen molar-refractivity contribution in [1.29, 1.82) is 0 Å². The van der Waals surface area contributed by atoms with Crippen LogP contribution < -0.4 is 10.5 Å². The topological polar surface area (TPSA) is 58.8 Å². The van der Waals surface area contributed by atoms with Crippen LogP contribution in [0.25, 0.3) is 0 Å². The van der Waals surface area contributed by atoms with Crippen LogP contribution in [-0.2, 0) is 0 Å². The molecule has 0 unspecified atom stereocenters. The molecule has 1 aliphatic rings. The Hall–Kier alpha value is -1.59. The Morgan fingerprint density at radius 2 is 2.00 bits per heavy atom. The largest absolute Gasteiger partial charge is 0.493 e. The minimum absolute atomic E-state index is 0.0510. The van der Waals surface area contributed by atoms with Gasteiger partial charge in [0.15, 0.2) is 0 Å². The Labute approximate surface area is 133 Å². The first-order valence-electron chi connectivity index (χ1n) is 7.99. The van der Waals surface area contributed by atoms with Crippen LogP contribution in [0.5, 0.6) is 5.75 Å². The molecule has 122 valence electrons. The number of hydrogen-bond acceptors (Lipinski definition) is 4. The van der Waals surface area contributed by atoms with E-state index in [1.165, 1.54) is 0 Å². The number of nitrogens with zero attached hydrogens (tertiary/aromatic N) is 2. The number of likely N-dealkylation sites (tertiary alicyclic amines) is 1. The summed E-state index contributed by atoms with van der Waals surface area (Å²) in [7, 11) is 4.08. The lowest BCUT2D eigenvalue weighted by atomic mass is 10.0. The van der Waals surface area contributed by atoms with E-state index in [4.69, 9.17) is 10.5 Å². The maximum atomic E-state index is 12.7. The van der Waals surface area contributed by atoms with Gasteiger partial charge in [0, 0.05) is 25.7 Å². The molecule has 2 rings (SSSR count). The Morgan fingerprint density at radius 3 is 2.68 bits per heavy atom. The van der Waals surface area contributed by atoms with Crippen LogP contribution in [-0.4, -0.2) is 62.1 Å². The third-order valence-corrected chi connectivity index (χ3v) is 3.95.